The second-order valence-electron chi connectivity index (χ2n) is 8.78. The number of allylic oxidation sites excluding steroid dienone is 1. The summed E-state index contributed by atoms with van der Waals surface area (Å²) in [6, 6.07) is 13.9. The van der Waals surface area contributed by atoms with E-state index in [2.05, 4.69) is 35.9 Å². The van der Waals surface area contributed by atoms with Gasteiger partial charge in [0.25, 0.3) is 5.91 Å². The quantitative estimate of drug-likeness (QED) is 0.355. The molecule has 0 atom stereocenters. The molecule has 2 aromatic carbocycles. The van der Waals surface area contributed by atoms with Crippen molar-refractivity contribution in [3.8, 4) is 0 Å². The van der Waals surface area contributed by atoms with Crippen molar-refractivity contribution in [1.82, 2.24) is 9.47 Å². The summed E-state index contributed by atoms with van der Waals surface area (Å²) in [4.78, 5) is 41.7. The maximum absolute atomic E-state index is 13.5. The Bertz CT molecular complexity index is 1290. The molecule has 1 aromatic heterocycles. The molecule has 0 radical (unpaired) electrons. The number of methoxy groups -OCH3 is 1. The van der Waals surface area contributed by atoms with Crippen molar-refractivity contribution >= 4 is 40.4 Å². The highest BCUT2D eigenvalue weighted by Gasteiger charge is 2.33. The molecule has 182 valence electrons. The fourth-order valence-corrected chi connectivity index (χ4v) is 4.51. The fraction of sp³-hybridized carbons (Fsp3) is 0.321. The molecule has 4 rings (SSSR count). The molecule has 0 saturated heterocycles. The van der Waals surface area contributed by atoms with E-state index in [0.717, 1.165) is 34.9 Å². The molecule has 0 saturated carbocycles. The van der Waals surface area contributed by atoms with Crippen molar-refractivity contribution in [3.05, 3.63) is 71.4 Å². The number of ether oxygens (including phenoxy) is 1. The molecule has 0 fully saturated rings. The first-order chi connectivity index (χ1) is 16.9. The lowest BCUT2D eigenvalue weighted by atomic mass is 10.0. The van der Waals surface area contributed by atoms with Crippen LogP contribution in [0, 0.1) is 0 Å². The number of carbonyl (C=O) groups excluding carboxylic acids is 3. The van der Waals surface area contributed by atoms with Crippen LogP contribution in [0.1, 0.15) is 47.7 Å². The van der Waals surface area contributed by atoms with E-state index < -0.39 is 5.97 Å². The molecule has 1 aliphatic heterocycles. The van der Waals surface area contributed by atoms with Crippen LogP contribution in [0.2, 0.25) is 0 Å². The van der Waals surface area contributed by atoms with Crippen LogP contribution in [0.4, 0.5) is 5.69 Å². The molecule has 7 nitrogen and oxygen atoms in total. The Hall–Kier alpha value is -3.87. The van der Waals surface area contributed by atoms with Crippen molar-refractivity contribution in [2.75, 3.05) is 25.1 Å². The van der Waals surface area contributed by atoms with Crippen molar-refractivity contribution < 1.29 is 19.1 Å². The van der Waals surface area contributed by atoms with Gasteiger partial charge in [0.2, 0.25) is 5.91 Å². The van der Waals surface area contributed by atoms with Gasteiger partial charge in [-0.05, 0) is 35.7 Å². The minimum atomic E-state index is -0.459. The smallest absolute Gasteiger partial charge is 0.307 e. The average molecular weight is 474 g/mol. The Kier molecular flexibility index (Phi) is 7.34. The standard InChI is InChI=1S/C28H31N3O4/c1-4-5-6-9-20-12-13-25-23(16-20)28(34)31(15-14-27(33)35-3)26(32)19-30(25)18-21-17-29(2)24-11-8-7-10-22(21)24/h6-13,16-17H,4-5,14-15,18-19H2,1-3H3. The Morgan fingerprint density at radius 2 is 1.94 bits per heavy atom. The van der Waals surface area contributed by atoms with E-state index in [0.29, 0.717) is 17.8 Å². The number of carbonyl (C=O) groups is 3. The zero-order valence-corrected chi connectivity index (χ0v) is 20.5. The van der Waals surface area contributed by atoms with E-state index in [1.54, 1.807) is 0 Å². The van der Waals surface area contributed by atoms with E-state index >= 15 is 0 Å². The number of imide groups is 1. The maximum atomic E-state index is 13.5. The zero-order chi connectivity index (χ0) is 24.9. The number of aryl methyl sites for hydroxylation is 1. The van der Waals surface area contributed by atoms with E-state index in [9.17, 15) is 14.4 Å². The third-order valence-corrected chi connectivity index (χ3v) is 6.34. The van der Waals surface area contributed by atoms with E-state index in [4.69, 9.17) is 4.74 Å². The van der Waals surface area contributed by atoms with Gasteiger partial charge < -0.3 is 14.2 Å². The molecule has 0 unspecified atom stereocenters. The Labute approximate surface area is 205 Å². The average Bonchev–Trinajstić information content (AvgIpc) is 3.14. The van der Waals surface area contributed by atoms with E-state index in [-0.39, 0.29) is 31.3 Å². The maximum Gasteiger partial charge on any atom is 0.307 e. The number of amides is 2. The van der Waals surface area contributed by atoms with E-state index in [1.165, 1.54) is 12.0 Å². The first-order valence-electron chi connectivity index (χ1n) is 11.9. The predicted octanol–water partition coefficient (Wildman–Crippen LogP) is 4.54. The number of unbranched alkanes of at least 4 members (excludes halogenated alkanes) is 1. The largest absolute Gasteiger partial charge is 0.469 e. The number of nitrogens with zero attached hydrogens (tertiary/aromatic N) is 3. The Morgan fingerprint density at radius 3 is 2.71 bits per heavy atom. The molecule has 0 bridgehead atoms. The second-order valence-corrected chi connectivity index (χ2v) is 8.78. The number of anilines is 1. The number of rotatable bonds is 8. The summed E-state index contributed by atoms with van der Waals surface area (Å²) in [6.45, 7) is 2.61. The lowest BCUT2D eigenvalue weighted by Crippen LogP contribution is -2.41. The van der Waals surface area contributed by atoms with Crippen molar-refractivity contribution in [1.29, 1.82) is 0 Å². The second kappa shape index (κ2) is 10.6. The van der Waals surface area contributed by atoms with Gasteiger partial charge in [-0.2, -0.15) is 0 Å². The van der Waals surface area contributed by atoms with Gasteiger partial charge >= 0.3 is 5.97 Å². The number of para-hydroxylation sites is 1. The molecule has 0 spiro atoms. The third-order valence-electron chi connectivity index (χ3n) is 6.34. The Morgan fingerprint density at radius 1 is 1.14 bits per heavy atom. The predicted molar refractivity (Wildman–Crippen MR) is 137 cm³/mol. The Balaban J connectivity index is 1.74. The highest BCUT2D eigenvalue weighted by Crippen LogP contribution is 2.31. The SMILES string of the molecule is CCCC=Cc1ccc2c(c1)C(=O)N(CCC(=O)OC)C(=O)CN2Cc1cn(C)c2ccccc12. The molecule has 7 heteroatoms. The summed E-state index contributed by atoms with van der Waals surface area (Å²) in [5, 5.41) is 1.11. The van der Waals surface area contributed by atoms with Crippen LogP contribution in [0.25, 0.3) is 17.0 Å². The summed E-state index contributed by atoms with van der Waals surface area (Å²) >= 11 is 0. The lowest BCUT2D eigenvalue weighted by Gasteiger charge is -2.23. The number of aromatic nitrogens is 1. The van der Waals surface area contributed by atoms with Gasteiger partial charge in [0.05, 0.1) is 31.3 Å². The first kappa shape index (κ1) is 24.3. The molecule has 3 aromatic rings. The van der Waals surface area contributed by atoms with Gasteiger partial charge in [0, 0.05) is 37.2 Å². The van der Waals surface area contributed by atoms with Gasteiger partial charge in [-0.25, -0.2) is 0 Å². The van der Waals surface area contributed by atoms with Crippen LogP contribution in [0.5, 0.6) is 0 Å². The molecule has 0 aliphatic carbocycles. The van der Waals surface area contributed by atoms with Crippen LogP contribution in [0.15, 0.2) is 54.7 Å². The van der Waals surface area contributed by atoms with Crippen LogP contribution in [-0.4, -0.2) is 47.4 Å². The summed E-state index contributed by atoms with van der Waals surface area (Å²) in [7, 11) is 3.30. The summed E-state index contributed by atoms with van der Waals surface area (Å²) < 4.78 is 6.79. The van der Waals surface area contributed by atoms with Gasteiger partial charge in [0.15, 0.2) is 0 Å². The van der Waals surface area contributed by atoms with Crippen LogP contribution >= 0.6 is 0 Å². The molecule has 35 heavy (non-hydrogen) atoms. The van der Waals surface area contributed by atoms with Crippen molar-refractivity contribution in [2.24, 2.45) is 7.05 Å². The van der Waals surface area contributed by atoms with Gasteiger partial charge in [-0.15, -0.1) is 0 Å². The lowest BCUT2D eigenvalue weighted by molar-refractivity contribution is -0.141. The van der Waals surface area contributed by atoms with Crippen LogP contribution in [-0.2, 0) is 27.9 Å². The number of benzene rings is 2. The number of fused-ring (bicyclic) bond motifs is 2. The normalized spacial score (nSPS) is 14.0. The molecular weight excluding hydrogens is 442 g/mol. The van der Waals surface area contributed by atoms with Crippen LogP contribution in [0.3, 0.4) is 0 Å². The number of esters is 1. The molecule has 2 heterocycles. The minimum Gasteiger partial charge on any atom is -0.469 e. The van der Waals surface area contributed by atoms with Gasteiger partial charge in [-0.3, -0.25) is 19.3 Å². The minimum absolute atomic E-state index is 0.0121. The van der Waals surface area contributed by atoms with E-state index in [1.807, 2.05) is 48.4 Å². The highest BCUT2D eigenvalue weighted by molar-refractivity contribution is 6.11. The zero-order valence-electron chi connectivity index (χ0n) is 20.5. The number of hydrogen-bond acceptors (Lipinski definition) is 5. The monoisotopic (exact) mass is 473 g/mol. The third kappa shape index (κ3) is 5.14. The summed E-state index contributed by atoms with van der Waals surface area (Å²) in [5.74, 6) is -1.18. The van der Waals surface area contributed by atoms with Crippen molar-refractivity contribution in [3.63, 3.8) is 0 Å². The number of hydrogen-bond donors (Lipinski definition) is 0. The molecular formula is C28H31N3O4. The molecule has 0 N–H and O–H groups in total. The molecule has 2 amide bonds. The van der Waals surface area contributed by atoms with Crippen LogP contribution < -0.4 is 4.90 Å². The summed E-state index contributed by atoms with van der Waals surface area (Å²) in [6.07, 6.45) is 8.09. The summed E-state index contributed by atoms with van der Waals surface area (Å²) in [5.41, 5.74) is 4.25. The molecule has 1 aliphatic rings. The highest BCUT2D eigenvalue weighted by atomic mass is 16.5. The van der Waals surface area contributed by atoms with Crippen molar-refractivity contribution in [2.45, 2.75) is 32.7 Å². The topological polar surface area (TPSA) is 71.8 Å². The van der Waals surface area contributed by atoms with Gasteiger partial charge in [-0.1, -0.05) is 49.8 Å². The fourth-order valence-electron chi connectivity index (χ4n) is 4.51. The van der Waals surface area contributed by atoms with Gasteiger partial charge in [0.1, 0.15) is 0 Å². The first-order valence-corrected chi connectivity index (χ1v) is 11.9.